The summed E-state index contributed by atoms with van der Waals surface area (Å²) in [6.45, 7) is 6.41. The number of nitrogens with one attached hydrogen (secondary N) is 2. The third-order valence-electron chi connectivity index (χ3n) is 3.92. The lowest BCUT2D eigenvalue weighted by atomic mass is 10.2. The van der Waals surface area contributed by atoms with Crippen LogP contribution >= 0.6 is 0 Å². The number of carbonyl (C=O) groups excluding carboxylic acids is 2. The molecule has 0 bridgehead atoms. The molecule has 136 valence electrons. The molecule has 0 saturated carbocycles. The average molecular weight is 349 g/mol. The van der Waals surface area contributed by atoms with E-state index in [0.717, 1.165) is 0 Å². The molecule has 2 aliphatic heterocycles. The molecule has 2 aliphatic rings. The van der Waals surface area contributed by atoms with Crippen LogP contribution in [0.3, 0.4) is 0 Å². The van der Waals surface area contributed by atoms with Gasteiger partial charge in [-0.15, -0.1) is 0 Å². The van der Waals surface area contributed by atoms with E-state index < -0.39 is 6.03 Å². The Balaban J connectivity index is 1.49. The van der Waals surface area contributed by atoms with Crippen LogP contribution < -0.4 is 20.1 Å². The van der Waals surface area contributed by atoms with E-state index in [1.807, 2.05) is 18.7 Å². The highest BCUT2D eigenvalue weighted by Gasteiger charge is 2.24. The number of benzene rings is 1. The molecule has 8 nitrogen and oxygen atoms in total. The third kappa shape index (κ3) is 4.83. The second kappa shape index (κ2) is 7.71. The van der Waals surface area contributed by atoms with Crippen molar-refractivity contribution in [2.45, 2.75) is 26.1 Å². The number of ether oxygens (including phenoxy) is 3. The SMILES string of the molecule is C[C@H]1CN(CC(=O)NC(=O)Nc2ccc3c(c2)OCCO3)C[C@H](C)O1. The number of nitrogens with zero attached hydrogens (tertiary/aromatic N) is 1. The molecule has 1 aromatic rings. The molecule has 0 spiro atoms. The van der Waals surface area contributed by atoms with Crippen LogP contribution in [-0.4, -0.2) is 61.9 Å². The van der Waals surface area contributed by atoms with Crippen LogP contribution in [0, 0.1) is 0 Å². The summed E-state index contributed by atoms with van der Waals surface area (Å²) >= 11 is 0. The summed E-state index contributed by atoms with van der Waals surface area (Å²) in [6.07, 6.45) is 0.145. The van der Waals surface area contributed by atoms with Crippen molar-refractivity contribution in [2.24, 2.45) is 0 Å². The quantitative estimate of drug-likeness (QED) is 0.853. The van der Waals surface area contributed by atoms with Crippen LogP contribution in [0.1, 0.15) is 13.8 Å². The molecule has 8 heteroatoms. The second-order valence-corrected chi connectivity index (χ2v) is 6.31. The summed E-state index contributed by atoms with van der Waals surface area (Å²) in [7, 11) is 0. The number of hydrogen-bond donors (Lipinski definition) is 2. The zero-order chi connectivity index (χ0) is 17.8. The van der Waals surface area contributed by atoms with Gasteiger partial charge in [0, 0.05) is 24.8 Å². The number of anilines is 1. The van der Waals surface area contributed by atoms with Crippen LogP contribution in [0.2, 0.25) is 0 Å². The van der Waals surface area contributed by atoms with Crippen LogP contribution in [0.15, 0.2) is 18.2 Å². The molecule has 0 radical (unpaired) electrons. The van der Waals surface area contributed by atoms with E-state index in [2.05, 4.69) is 10.6 Å². The van der Waals surface area contributed by atoms with Gasteiger partial charge in [-0.2, -0.15) is 0 Å². The van der Waals surface area contributed by atoms with Crippen molar-refractivity contribution in [3.8, 4) is 11.5 Å². The summed E-state index contributed by atoms with van der Waals surface area (Å²) in [5.74, 6) is 0.867. The molecule has 0 aliphatic carbocycles. The maximum atomic E-state index is 12.1. The van der Waals surface area contributed by atoms with E-state index in [-0.39, 0.29) is 24.7 Å². The minimum absolute atomic E-state index is 0.0723. The van der Waals surface area contributed by atoms with Crippen molar-refractivity contribution in [1.82, 2.24) is 10.2 Å². The molecule has 1 aromatic carbocycles. The Labute approximate surface area is 146 Å². The predicted molar refractivity (Wildman–Crippen MR) is 91.0 cm³/mol. The maximum absolute atomic E-state index is 12.1. The fraction of sp³-hybridized carbons (Fsp3) is 0.529. The van der Waals surface area contributed by atoms with Crippen LogP contribution in [-0.2, 0) is 9.53 Å². The highest BCUT2D eigenvalue weighted by Crippen LogP contribution is 2.32. The van der Waals surface area contributed by atoms with Crippen molar-refractivity contribution in [1.29, 1.82) is 0 Å². The van der Waals surface area contributed by atoms with Crippen molar-refractivity contribution in [2.75, 3.05) is 38.2 Å². The zero-order valence-corrected chi connectivity index (χ0v) is 14.4. The molecule has 1 saturated heterocycles. The first-order valence-electron chi connectivity index (χ1n) is 8.38. The Kier molecular flexibility index (Phi) is 5.40. The molecular weight excluding hydrogens is 326 g/mol. The highest BCUT2D eigenvalue weighted by molar-refractivity contribution is 6.01. The van der Waals surface area contributed by atoms with E-state index >= 15 is 0 Å². The minimum atomic E-state index is -0.573. The van der Waals surface area contributed by atoms with Gasteiger partial charge in [0.1, 0.15) is 13.2 Å². The average Bonchev–Trinajstić information content (AvgIpc) is 2.53. The number of imide groups is 1. The topological polar surface area (TPSA) is 89.1 Å². The molecule has 3 rings (SSSR count). The fourth-order valence-electron chi connectivity index (χ4n) is 3.07. The number of fused-ring (bicyclic) bond motifs is 1. The van der Waals surface area contributed by atoms with E-state index in [1.54, 1.807) is 18.2 Å². The van der Waals surface area contributed by atoms with Crippen molar-refractivity contribution in [3.05, 3.63) is 18.2 Å². The van der Waals surface area contributed by atoms with Gasteiger partial charge in [0.25, 0.3) is 0 Å². The van der Waals surface area contributed by atoms with Gasteiger partial charge in [-0.3, -0.25) is 15.0 Å². The molecule has 2 heterocycles. The zero-order valence-electron chi connectivity index (χ0n) is 14.4. The molecule has 0 unspecified atom stereocenters. The second-order valence-electron chi connectivity index (χ2n) is 6.31. The lowest BCUT2D eigenvalue weighted by Gasteiger charge is -2.34. The largest absolute Gasteiger partial charge is 0.486 e. The smallest absolute Gasteiger partial charge is 0.325 e. The maximum Gasteiger partial charge on any atom is 0.325 e. The molecule has 2 atom stereocenters. The number of carbonyl (C=O) groups is 2. The van der Waals surface area contributed by atoms with Crippen LogP contribution in [0.4, 0.5) is 10.5 Å². The van der Waals surface area contributed by atoms with Gasteiger partial charge in [-0.05, 0) is 26.0 Å². The first-order chi connectivity index (χ1) is 12.0. The lowest BCUT2D eigenvalue weighted by molar-refractivity contribution is -0.124. The van der Waals surface area contributed by atoms with Gasteiger partial charge < -0.3 is 19.5 Å². The van der Waals surface area contributed by atoms with Crippen molar-refractivity contribution >= 4 is 17.6 Å². The molecule has 2 N–H and O–H groups in total. The van der Waals surface area contributed by atoms with Gasteiger partial charge in [-0.1, -0.05) is 0 Å². The number of rotatable bonds is 3. The van der Waals surface area contributed by atoms with Gasteiger partial charge in [0.05, 0.1) is 18.8 Å². The monoisotopic (exact) mass is 349 g/mol. The number of hydrogen-bond acceptors (Lipinski definition) is 6. The van der Waals surface area contributed by atoms with E-state index in [9.17, 15) is 9.59 Å². The fourth-order valence-corrected chi connectivity index (χ4v) is 3.07. The van der Waals surface area contributed by atoms with Gasteiger partial charge in [0.2, 0.25) is 5.91 Å². The number of amides is 3. The van der Waals surface area contributed by atoms with Crippen molar-refractivity contribution in [3.63, 3.8) is 0 Å². The Morgan fingerprint density at radius 1 is 1.12 bits per heavy atom. The Morgan fingerprint density at radius 2 is 1.80 bits per heavy atom. The normalized spacial score (nSPS) is 23.0. The molecule has 25 heavy (non-hydrogen) atoms. The van der Waals surface area contributed by atoms with E-state index in [1.165, 1.54) is 0 Å². The summed E-state index contributed by atoms with van der Waals surface area (Å²) in [4.78, 5) is 26.0. The van der Waals surface area contributed by atoms with Crippen molar-refractivity contribution < 1.29 is 23.8 Å². The third-order valence-corrected chi connectivity index (χ3v) is 3.92. The predicted octanol–water partition coefficient (Wildman–Crippen LogP) is 1.22. The Hall–Kier alpha value is -2.32. The first-order valence-corrected chi connectivity index (χ1v) is 8.38. The summed E-state index contributed by atoms with van der Waals surface area (Å²) < 4.78 is 16.5. The number of morpholine rings is 1. The molecule has 0 aromatic heterocycles. The van der Waals surface area contributed by atoms with Gasteiger partial charge in [0.15, 0.2) is 11.5 Å². The van der Waals surface area contributed by atoms with Crippen LogP contribution in [0.5, 0.6) is 11.5 Å². The Bertz CT molecular complexity index is 641. The van der Waals surface area contributed by atoms with E-state index in [0.29, 0.717) is 43.5 Å². The first kappa shape index (κ1) is 17.5. The highest BCUT2D eigenvalue weighted by atomic mass is 16.6. The Morgan fingerprint density at radius 3 is 2.52 bits per heavy atom. The molecule has 1 fully saturated rings. The van der Waals surface area contributed by atoms with Gasteiger partial charge in [-0.25, -0.2) is 4.79 Å². The lowest BCUT2D eigenvalue weighted by Crippen LogP contribution is -2.50. The molecule has 3 amide bonds. The standard InChI is InChI=1S/C17H23N3O5/c1-11-8-20(9-12(2)25-11)10-16(21)19-17(22)18-13-3-4-14-15(7-13)24-6-5-23-14/h3-4,7,11-12H,5-6,8-10H2,1-2H3,(H2,18,19,21,22)/t11-,12-/m0/s1. The molecular formula is C17H23N3O5. The van der Waals surface area contributed by atoms with Crippen LogP contribution in [0.25, 0.3) is 0 Å². The minimum Gasteiger partial charge on any atom is -0.486 e. The summed E-state index contributed by atoms with van der Waals surface area (Å²) in [5, 5.41) is 4.97. The summed E-state index contributed by atoms with van der Waals surface area (Å²) in [6, 6.07) is 4.52. The number of urea groups is 1. The van der Waals surface area contributed by atoms with E-state index in [4.69, 9.17) is 14.2 Å². The van der Waals surface area contributed by atoms with Gasteiger partial charge >= 0.3 is 6.03 Å². The summed E-state index contributed by atoms with van der Waals surface area (Å²) in [5.41, 5.74) is 0.531.